The van der Waals surface area contributed by atoms with Crippen LogP contribution in [0, 0.1) is 5.82 Å². The van der Waals surface area contributed by atoms with Gasteiger partial charge in [-0.2, -0.15) is 0 Å². The molecule has 1 aliphatic rings. The van der Waals surface area contributed by atoms with Crippen molar-refractivity contribution < 1.29 is 4.39 Å². The zero-order valence-electron chi connectivity index (χ0n) is 13.9. The molecule has 0 saturated carbocycles. The molecule has 1 saturated heterocycles. The summed E-state index contributed by atoms with van der Waals surface area (Å²) in [5, 5.41) is 3.34. The van der Waals surface area contributed by atoms with Crippen molar-refractivity contribution in [2.75, 3.05) is 13.1 Å². The van der Waals surface area contributed by atoms with E-state index in [-0.39, 0.29) is 17.5 Å². The lowest BCUT2D eigenvalue weighted by Gasteiger charge is -2.25. The van der Waals surface area contributed by atoms with E-state index in [1.165, 1.54) is 12.1 Å². The van der Waals surface area contributed by atoms with Gasteiger partial charge in [-0.05, 0) is 55.8 Å². The van der Waals surface area contributed by atoms with Crippen LogP contribution in [-0.4, -0.2) is 22.2 Å². The van der Waals surface area contributed by atoms with Gasteiger partial charge < -0.3 is 5.32 Å². The van der Waals surface area contributed by atoms with Gasteiger partial charge in [-0.15, -0.1) is 0 Å². The molecule has 1 aromatic heterocycles. The minimum Gasteiger partial charge on any atom is -0.317 e. The lowest BCUT2D eigenvalue weighted by Crippen LogP contribution is -2.35. The SMILES string of the molecule is O=c1n(-c2ccc(F)cc2)cc(-c2ccccc2)n1C1CCNCC1. The number of halogens is 1. The maximum atomic E-state index is 13.2. The van der Waals surface area contributed by atoms with Crippen LogP contribution < -0.4 is 11.0 Å². The van der Waals surface area contributed by atoms with E-state index in [4.69, 9.17) is 0 Å². The highest BCUT2D eigenvalue weighted by atomic mass is 19.1. The van der Waals surface area contributed by atoms with Gasteiger partial charge in [0.15, 0.2) is 0 Å². The van der Waals surface area contributed by atoms with Crippen LogP contribution in [0.2, 0.25) is 0 Å². The van der Waals surface area contributed by atoms with Gasteiger partial charge in [0, 0.05) is 12.2 Å². The zero-order chi connectivity index (χ0) is 17.2. The van der Waals surface area contributed by atoms with E-state index in [0.717, 1.165) is 37.2 Å². The Morgan fingerprint density at radius 1 is 0.960 bits per heavy atom. The van der Waals surface area contributed by atoms with Crippen molar-refractivity contribution in [3.05, 3.63) is 77.1 Å². The van der Waals surface area contributed by atoms with Crippen LogP contribution in [0.25, 0.3) is 16.9 Å². The third-order valence-corrected chi connectivity index (χ3v) is 4.77. The first-order valence-electron chi connectivity index (χ1n) is 8.60. The van der Waals surface area contributed by atoms with E-state index in [1.54, 1.807) is 16.7 Å². The Balaban J connectivity index is 1.88. The highest BCUT2D eigenvalue weighted by Gasteiger charge is 2.23. The number of hydrogen-bond donors (Lipinski definition) is 1. The predicted octanol–water partition coefficient (Wildman–Crippen LogP) is 3.37. The highest BCUT2D eigenvalue weighted by Crippen LogP contribution is 2.26. The third kappa shape index (κ3) is 3.03. The summed E-state index contributed by atoms with van der Waals surface area (Å²) >= 11 is 0. The molecule has 0 atom stereocenters. The lowest BCUT2D eigenvalue weighted by atomic mass is 10.1. The van der Waals surface area contributed by atoms with E-state index < -0.39 is 0 Å². The van der Waals surface area contributed by atoms with Crippen LogP contribution in [0.1, 0.15) is 18.9 Å². The number of hydrogen-bond acceptors (Lipinski definition) is 2. The summed E-state index contributed by atoms with van der Waals surface area (Å²) in [5.41, 5.74) is 2.52. The minimum absolute atomic E-state index is 0.0719. The molecule has 4 rings (SSSR count). The third-order valence-electron chi connectivity index (χ3n) is 4.77. The molecule has 0 aliphatic carbocycles. The molecule has 0 amide bonds. The topological polar surface area (TPSA) is 39.0 Å². The van der Waals surface area contributed by atoms with Crippen LogP contribution >= 0.6 is 0 Å². The lowest BCUT2D eigenvalue weighted by molar-refractivity contribution is 0.362. The number of piperidine rings is 1. The molecular weight excluding hydrogens is 317 g/mol. The van der Waals surface area contributed by atoms with Crippen molar-refractivity contribution in [1.82, 2.24) is 14.5 Å². The second kappa shape index (κ2) is 6.69. The molecular formula is C20H20FN3O. The largest absolute Gasteiger partial charge is 0.333 e. The Bertz CT molecular complexity index is 906. The van der Waals surface area contributed by atoms with E-state index in [0.29, 0.717) is 5.69 Å². The maximum Gasteiger partial charge on any atom is 0.333 e. The van der Waals surface area contributed by atoms with Gasteiger partial charge in [0.05, 0.1) is 11.4 Å². The molecule has 1 fully saturated rings. The van der Waals surface area contributed by atoms with Crippen molar-refractivity contribution in [3.8, 4) is 16.9 Å². The fourth-order valence-corrected chi connectivity index (χ4v) is 3.49. The van der Waals surface area contributed by atoms with Crippen molar-refractivity contribution in [3.63, 3.8) is 0 Å². The number of imidazole rings is 1. The first-order valence-corrected chi connectivity index (χ1v) is 8.60. The monoisotopic (exact) mass is 337 g/mol. The Labute approximate surface area is 145 Å². The molecule has 2 aromatic carbocycles. The number of rotatable bonds is 3. The standard InChI is InChI=1S/C20H20FN3O/c21-16-6-8-17(9-7-16)23-14-19(15-4-2-1-3-5-15)24(20(23)25)18-10-12-22-13-11-18/h1-9,14,18,22H,10-13H2. The quantitative estimate of drug-likeness (QED) is 0.796. The minimum atomic E-state index is -0.308. The second-order valence-electron chi connectivity index (χ2n) is 6.36. The molecule has 0 unspecified atom stereocenters. The fourth-order valence-electron chi connectivity index (χ4n) is 3.49. The summed E-state index contributed by atoms with van der Waals surface area (Å²) in [7, 11) is 0. The van der Waals surface area contributed by atoms with Crippen LogP contribution in [0.4, 0.5) is 4.39 Å². The van der Waals surface area contributed by atoms with Gasteiger partial charge in [0.1, 0.15) is 5.82 Å². The Morgan fingerprint density at radius 2 is 1.64 bits per heavy atom. The van der Waals surface area contributed by atoms with Gasteiger partial charge in [0.2, 0.25) is 0 Å². The average molecular weight is 337 g/mol. The van der Waals surface area contributed by atoms with Gasteiger partial charge in [-0.25, -0.2) is 9.18 Å². The second-order valence-corrected chi connectivity index (χ2v) is 6.36. The Kier molecular flexibility index (Phi) is 4.24. The molecule has 0 radical (unpaired) electrons. The summed E-state index contributed by atoms with van der Waals surface area (Å²) in [6, 6.07) is 16.2. The molecule has 25 heavy (non-hydrogen) atoms. The molecule has 4 nitrogen and oxygen atoms in total. The summed E-state index contributed by atoms with van der Waals surface area (Å²) in [5.74, 6) is -0.308. The molecule has 1 aliphatic heterocycles. The molecule has 0 bridgehead atoms. The van der Waals surface area contributed by atoms with Gasteiger partial charge in [-0.3, -0.25) is 9.13 Å². The predicted molar refractivity (Wildman–Crippen MR) is 96.6 cm³/mol. The Morgan fingerprint density at radius 3 is 2.32 bits per heavy atom. The summed E-state index contributed by atoms with van der Waals surface area (Å²) in [6.45, 7) is 1.82. The Hall–Kier alpha value is -2.66. The smallest absolute Gasteiger partial charge is 0.317 e. The van der Waals surface area contributed by atoms with E-state index in [9.17, 15) is 9.18 Å². The molecule has 0 spiro atoms. The first kappa shape index (κ1) is 15.8. The van der Waals surface area contributed by atoms with E-state index in [2.05, 4.69) is 5.32 Å². The van der Waals surface area contributed by atoms with Crippen molar-refractivity contribution in [2.45, 2.75) is 18.9 Å². The first-order chi connectivity index (χ1) is 12.2. The van der Waals surface area contributed by atoms with Gasteiger partial charge in [0.25, 0.3) is 0 Å². The molecule has 128 valence electrons. The van der Waals surface area contributed by atoms with Crippen LogP contribution in [-0.2, 0) is 0 Å². The summed E-state index contributed by atoms with van der Waals surface area (Å²) in [4.78, 5) is 13.2. The van der Waals surface area contributed by atoms with Crippen LogP contribution in [0.15, 0.2) is 65.6 Å². The van der Waals surface area contributed by atoms with Crippen molar-refractivity contribution in [1.29, 1.82) is 0 Å². The normalized spacial score (nSPS) is 15.4. The molecule has 1 N–H and O–H groups in total. The highest BCUT2D eigenvalue weighted by molar-refractivity contribution is 5.60. The van der Waals surface area contributed by atoms with Crippen molar-refractivity contribution >= 4 is 0 Å². The van der Waals surface area contributed by atoms with Gasteiger partial charge >= 0.3 is 5.69 Å². The number of nitrogens with one attached hydrogen (secondary N) is 1. The fraction of sp³-hybridized carbons (Fsp3) is 0.250. The van der Waals surface area contributed by atoms with Crippen molar-refractivity contribution in [2.24, 2.45) is 0 Å². The number of nitrogens with zero attached hydrogens (tertiary/aromatic N) is 2. The molecule has 3 aromatic rings. The number of benzene rings is 2. The van der Waals surface area contributed by atoms with Gasteiger partial charge in [-0.1, -0.05) is 30.3 Å². The average Bonchev–Trinajstić information content (AvgIpc) is 3.01. The summed E-state index contributed by atoms with van der Waals surface area (Å²) < 4.78 is 16.8. The number of aromatic nitrogens is 2. The summed E-state index contributed by atoms with van der Waals surface area (Å²) in [6.07, 6.45) is 3.72. The molecule has 5 heteroatoms. The van der Waals surface area contributed by atoms with E-state index in [1.807, 2.05) is 41.1 Å². The zero-order valence-corrected chi connectivity index (χ0v) is 13.9. The molecule has 2 heterocycles. The maximum absolute atomic E-state index is 13.2. The van der Waals surface area contributed by atoms with E-state index >= 15 is 0 Å². The van der Waals surface area contributed by atoms with Crippen LogP contribution in [0.5, 0.6) is 0 Å². The van der Waals surface area contributed by atoms with Crippen LogP contribution in [0.3, 0.4) is 0 Å².